The summed E-state index contributed by atoms with van der Waals surface area (Å²) in [6, 6.07) is 0. The Bertz CT molecular complexity index is 118. The maximum atomic E-state index is 8.80. The molecule has 0 bridgehead atoms. The molecule has 0 fully saturated rings. The van der Waals surface area contributed by atoms with Crippen molar-refractivity contribution in [3.63, 3.8) is 0 Å². The normalized spacial score (nSPS) is 14.5. The zero-order valence-corrected chi connectivity index (χ0v) is 8.66. The van der Waals surface area contributed by atoms with Gasteiger partial charge in [0.25, 0.3) is 5.97 Å². The van der Waals surface area contributed by atoms with Crippen molar-refractivity contribution in [2.24, 2.45) is 5.92 Å². The number of unbranched alkanes of at least 4 members (excludes halogenated alkanes) is 4. The molecule has 1 atom stereocenters. The van der Waals surface area contributed by atoms with Crippen LogP contribution in [0.4, 0.5) is 0 Å². The summed E-state index contributed by atoms with van der Waals surface area (Å²) < 4.78 is 0. The first-order valence-electron chi connectivity index (χ1n) is 5.15. The van der Waals surface area contributed by atoms with E-state index < -0.39 is 11.9 Å². The maximum Gasteiger partial charge on any atom is 0.277 e. The van der Waals surface area contributed by atoms with Crippen LogP contribution in [0.25, 0.3) is 0 Å². The van der Waals surface area contributed by atoms with E-state index in [0.717, 1.165) is 12.8 Å². The van der Waals surface area contributed by atoms with Gasteiger partial charge in [0.15, 0.2) is 0 Å². The molecule has 0 aromatic carbocycles. The SMILES string of the molecule is CCCCCCCC(C)C(O)(O)O. The Morgan fingerprint density at radius 3 is 2.00 bits per heavy atom. The molecule has 0 radical (unpaired) electrons. The molecule has 0 aliphatic carbocycles. The first-order chi connectivity index (χ1) is 5.98. The molecule has 0 spiro atoms. The van der Waals surface area contributed by atoms with E-state index in [0.29, 0.717) is 6.42 Å². The molecule has 80 valence electrons. The predicted molar refractivity (Wildman–Crippen MR) is 51.9 cm³/mol. The zero-order valence-electron chi connectivity index (χ0n) is 8.66. The van der Waals surface area contributed by atoms with Crippen LogP contribution in [0.1, 0.15) is 52.4 Å². The number of hydrogen-bond donors (Lipinski definition) is 3. The molecule has 3 N–H and O–H groups in total. The Labute approximate surface area is 80.4 Å². The average molecular weight is 190 g/mol. The van der Waals surface area contributed by atoms with E-state index in [1.165, 1.54) is 19.3 Å². The molecule has 0 aliphatic rings. The molecule has 3 heteroatoms. The lowest BCUT2D eigenvalue weighted by Gasteiger charge is -2.21. The molecule has 0 aromatic heterocycles. The van der Waals surface area contributed by atoms with Gasteiger partial charge in [0, 0.05) is 5.92 Å². The highest BCUT2D eigenvalue weighted by atomic mass is 16.7. The Hall–Kier alpha value is -0.120. The summed E-state index contributed by atoms with van der Waals surface area (Å²) in [7, 11) is 0. The lowest BCUT2D eigenvalue weighted by atomic mass is 10.0. The lowest BCUT2D eigenvalue weighted by Crippen LogP contribution is -2.35. The molecule has 0 amide bonds. The fourth-order valence-corrected chi connectivity index (χ4v) is 1.25. The van der Waals surface area contributed by atoms with Crippen LogP contribution in [0.2, 0.25) is 0 Å². The van der Waals surface area contributed by atoms with Gasteiger partial charge in [-0.2, -0.15) is 0 Å². The van der Waals surface area contributed by atoms with Gasteiger partial charge in [-0.25, -0.2) is 0 Å². The van der Waals surface area contributed by atoms with Crippen LogP contribution < -0.4 is 0 Å². The topological polar surface area (TPSA) is 60.7 Å². The van der Waals surface area contributed by atoms with Crippen LogP contribution in [0.5, 0.6) is 0 Å². The molecule has 13 heavy (non-hydrogen) atoms. The van der Waals surface area contributed by atoms with Crippen molar-refractivity contribution in [1.82, 2.24) is 0 Å². The monoisotopic (exact) mass is 190 g/mol. The van der Waals surface area contributed by atoms with Crippen LogP contribution in [0, 0.1) is 5.92 Å². The molecular formula is C10H22O3. The lowest BCUT2D eigenvalue weighted by molar-refractivity contribution is -0.339. The van der Waals surface area contributed by atoms with E-state index in [9.17, 15) is 0 Å². The Balaban J connectivity index is 3.32. The molecule has 0 heterocycles. The van der Waals surface area contributed by atoms with Crippen LogP contribution >= 0.6 is 0 Å². The molecular weight excluding hydrogens is 168 g/mol. The molecule has 1 unspecified atom stereocenters. The van der Waals surface area contributed by atoms with E-state index in [1.807, 2.05) is 0 Å². The summed E-state index contributed by atoms with van der Waals surface area (Å²) in [6.45, 7) is 3.79. The highest BCUT2D eigenvalue weighted by Gasteiger charge is 2.26. The second-order valence-corrected chi connectivity index (χ2v) is 3.79. The minimum Gasteiger partial charge on any atom is -0.343 e. The number of aliphatic hydroxyl groups is 3. The van der Waals surface area contributed by atoms with E-state index >= 15 is 0 Å². The third kappa shape index (κ3) is 6.99. The van der Waals surface area contributed by atoms with E-state index in [4.69, 9.17) is 15.3 Å². The van der Waals surface area contributed by atoms with Gasteiger partial charge >= 0.3 is 0 Å². The van der Waals surface area contributed by atoms with Crippen molar-refractivity contribution in [2.75, 3.05) is 0 Å². The van der Waals surface area contributed by atoms with Gasteiger partial charge in [0.1, 0.15) is 0 Å². The molecule has 0 aliphatic heterocycles. The fraction of sp³-hybridized carbons (Fsp3) is 1.00. The van der Waals surface area contributed by atoms with Gasteiger partial charge < -0.3 is 15.3 Å². The van der Waals surface area contributed by atoms with Gasteiger partial charge in [0.2, 0.25) is 0 Å². The summed E-state index contributed by atoms with van der Waals surface area (Å²) >= 11 is 0. The first kappa shape index (κ1) is 12.9. The molecule has 0 saturated heterocycles. The summed E-state index contributed by atoms with van der Waals surface area (Å²) in [5.41, 5.74) is 0. The summed E-state index contributed by atoms with van der Waals surface area (Å²) in [5, 5.41) is 26.4. The van der Waals surface area contributed by atoms with Crippen molar-refractivity contribution >= 4 is 0 Å². The van der Waals surface area contributed by atoms with Gasteiger partial charge in [-0.3, -0.25) is 0 Å². The van der Waals surface area contributed by atoms with Gasteiger partial charge in [-0.1, -0.05) is 46.0 Å². The first-order valence-corrected chi connectivity index (χ1v) is 5.15. The highest BCUT2D eigenvalue weighted by Crippen LogP contribution is 2.18. The minimum absolute atomic E-state index is 0.464. The Kier molecular flexibility index (Phi) is 6.29. The van der Waals surface area contributed by atoms with Crippen LogP contribution in [-0.2, 0) is 0 Å². The van der Waals surface area contributed by atoms with E-state index in [-0.39, 0.29) is 0 Å². The van der Waals surface area contributed by atoms with Crippen molar-refractivity contribution < 1.29 is 15.3 Å². The highest BCUT2D eigenvalue weighted by molar-refractivity contribution is 4.60. The average Bonchev–Trinajstić information content (AvgIpc) is 2.02. The van der Waals surface area contributed by atoms with Gasteiger partial charge in [0.05, 0.1) is 0 Å². The molecule has 0 rings (SSSR count). The second kappa shape index (κ2) is 6.35. The van der Waals surface area contributed by atoms with Crippen molar-refractivity contribution in [3.05, 3.63) is 0 Å². The van der Waals surface area contributed by atoms with Crippen LogP contribution in [-0.4, -0.2) is 21.3 Å². The third-order valence-electron chi connectivity index (χ3n) is 2.40. The number of rotatable bonds is 7. The van der Waals surface area contributed by atoms with E-state index in [1.54, 1.807) is 6.92 Å². The Morgan fingerprint density at radius 2 is 1.54 bits per heavy atom. The van der Waals surface area contributed by atoms with Crippen molar-refractivity contribution in [3.8, 4) is 0 Å². The summed E-state index contributed by atoms with van der Waals surface area (Å²) in [5.74, 6) is -2.96. The number of hydrogen-bond acceptors (Lipinski definition) is 3. The van der Waals surface area contributed by atoms with Gasteiger partial charge in [-0.15, -0.1) is 0 Å². The molecule has 0 saturated carbocycles. The minimum atomic E-state index is -2.50. The summed E-state index contributed by atoms with van der Waals surface area (Å²) in [4.78, 5) is 0. The largest absolute Gasteiger partial charge is 0.343 e. The zero-order chi connectivity index (χ0) is 10.3. The smallest absolute Gasteiger partial charge is 0.277 e. The third-order valence-corrected chi connectivity index (χ3v) is 2.40. The van der Waals surface area contributed by atoms with Crippen LogP contribution in [0.3, 0.4) is 0 Å². The van der Waals surface area contributed by atoms with Gasteiger partial charge in [-0.05, 0) is 6.42 Å². The fourth-order valence-electron chi connectivity index (χ4n) is 1.25. The van der Waals surface area contributed by atoms with E-state index in [2.05, 4.69) is 6.92 Å². The molecule has 3 nitrogen and oxygen atoms in total. The standard InChI is InChI=1S/C10H22O3/c1-3-4-5-6-7-8-9(2)10(11,12)13/h9,11-13H,3-8H2,1-2H3. The van der Waals surface area contributed by atoms with Crippen molar-refractivity contribution in [2.45, 2.75) is 58.3 Å². The van der Waals surface area contributed by atoms with Crippen molar-refractivity contribution in [1.29, 1.82) is 0 Å². The maximum absolute atomic E-state index is 8.80. The predicted octanol–water partition coefficient (Wildman–Crippen LogP) is 1.61. The molecule has 0 aromatic rings. The summed E-state index contributed by atoms with van der Waals surface area (Å²) in [6.07, 6.45) is 6.35. The second-order valence-electron chi connectivity index (χ2n) is 3.79. The van der Waals surface area contributed by atoms with Crippen LogP contribution in [0.15, 0.2) is 0 Å². The Morgan fingerprint density at radius 1 is 1.00 bits per heavy atom. The quantitative estimate of drug-likeness (QED) is 0.422.